The Hall–Kier alpha value is -0.463. The first kappa shape index (κ1) is 17.6. The minimum absolute atomic E-state index is 0.0722. The average Bonchev–Trinajstić information content (AvgIpc) is 2.27. The third-order valence-corrected chi connectivity index (χ3v) is 8.60. The molecule has 0 heterocycles. The first-order valence-corrected chi connectivity index (χ1v) is 10.1. The summed E-state index contributed by atoms with van der Waals surface area (Å²) < 4.78 is 36.2. The summed E-state index contributed by atoms with van der Waals surface area (Å²) in [4.78, 5) is 0. The Labute approximate surface area is 128 Å². The Morgan fingerprint density at radius 1 is 1.25 bits per heavy atom. The molecule has 0 atom stereocenters. The molecule has 0 fully saturated rings. The summed E-state index contributed by atoms with van der Waals surface area (Å²) in [5.74, 6) is 0.168. The predicted octanol–water partition coefficient (Wildman–Crippen LogP) is 5.57. The monoisotopic (exact) mass is 366 g/mol. The van der Waals surface area contributed by atoms with E-state index in [4.69, 9.17) is 4.43 Å². The second-order valence-corrected chi connectivity index (χ2v) is 11.9. The molecule has 1 aromatic carbocycles. The van der Waals surface area contributed by atoms with Crippen LogP contribution in [0.3, 0.4) is 0 Å². The van der Waals surface area contributed by atoms with Gasteiger partial charge >= 0.3 is 6.61 Å². The van der Waals surface area contributed by atoms with Gasteiger partial charge in [-0.1, -0.05) is 36.7 Å². The van der Waals surface area contributed by atoms with E-state index in [9.17, 15) is 8.78 Å². The Morgan fingerprint density at radius 3 is 2.35 bits per heavy atom. The standard InChI is InChI=1S/C14H21BrF2O2Si/c1-14(2,3)20(4,5)18-9-10-8-11(15)6-7-12(10)19-13(16)17/h6-8,13H,9H2,1-5H3. The molecule has 6 heteroatoms. The highest BCUT2D eigenvalue weighted by Crippen LogP contribution is 2.38. The van der Waals surface area contributed by atoms with Gasteiger partial charge in [-0.3, -0.25) is 0 Å². The van der Waals surface area contributed by atoms with E-state index in [0.717, 1.165) is 4.47 Å². The number of ether oxygens (including phenoxy) is 1. The smallest absolute Gasteiger partial charge is 0.387 e. The van der Waals surface area contributed by atoms with E-state index in [0.29, 0.717) is 5.56 Å². The van der Waals surface area contributed by atoms with E-state index in [2.05, 4.69) is 54.5 Å². The Morgan fingerprint density at radius 2 is 1.85 bits per heavy atom. The van der Waals surface area contributed by atoms with Crippen molar-refractivity contribution >= 4 is 24.2 Å². The Kier molecular flexibility index (Phi) is 5.75. The fraction of sp³-hybridized carbons (Fsp3) is 0.571. The van der Waals surface area contributed by atoms with Crippen molar-refractivity contribution in [2.75, 3.05) is 0 Å². The zero-order chi connectivity index (χ0) is 15.6. The molecule has 0 saturated heterocycles. The van der Waals surface area contributed by atoms with Gasteiger partial charge in [0.2, 0.25) is 0 Å². The normalized spacial score (nSPS) is 12.8. The fourth-order valence-electron chi connectivity index (χ4n) is 1.35. The van der Waals surface area contributed by atoms with Crippen molar-refractivity contribution < 1.29 is 17.9 Å². The van der Waals surface area contributed by atoms with Crippen molar-refractivity contribution in [2.45, 2.75) is 52.1 Å². The molecule has 0 saturated carbocycles. The van der Waals surface area contributed by atoms with Gasteiger partial charge in [-0.05, 0) is 36.3 Å². The minimum atomic E-state index is -2.83. The van der Waals surface area contributed by atoms with E-state index in [1.54, 1.807) is 12.1 Å². The first-order chi connectivity index (χ1) is 9.03. The Balaban J connectivity index is 2.89. The van der Waals surface area contributed by atoms with Crippen LogP contribution in [0.4, 0.5) is 8.78 Å². The first-order valence-electron chi connectivity index (χ1n) is 6.40. The number of benzene rings is 1. The number of hydrogen-bond donors (Lipinski definition) is 0. The molecule has 0 spiro atoms. The van der Waals surface area contributed by atoms with Gasteiger partial charge in [0.25, 0.3) is 0 Å². The SMILES string of the molecule is CC(C)(C)[Si](C)(C)OCc1cc(Br)ccc1OC(F)F. The molecule has 20 heavy (non-hydrogen) atoms. The lowest BCUT2D eigenvalue weighted by Crippen LogP contribution is -2.40. The van der Waals surface area contributed by atoms with Crippen LogP contribution in [0, 0.1) is 0 Å². The van der Waals surface area contributed by atoms with Gasteiger partial charge in [0.05, 0.1) is 6.61 Å². The predicted molar refractivity (Wildman–Crippen MR) is 82.8 cm³/mol. The highest BCUT2D eigenvalue weighted by molar-refractivity contribution is 9.10. The number of halogens is 3. The van der Waals surface area contributed by atoms with Crippen molar-refractivity contribution in [3.8, 4) is 5.75 Å². The van der Waals surface area contributed by atoms with Crippen LogP contribution in [-0.2, 0) is 11.0 Å². The second kappa shape index (κ2) is 6.53. The molecule has 1 aromatic rings. The molecule has 0 unspecified atom stereocenters. The van der Waals surface area contributed by atoms with Crippen LogP contribution in [0.1, 0.15) is 26.3 Å². The summed E-state index contributed by atoms with van der Waals surface area (Å²) in [7, 11) is -1.93. The third kappa shape index (κ3) is 4.82. The second-order valence-electron chi connectivity index (χ2n) is 6.18. The van der Waals surface area contributed by atoms with Gasteiger partial charge in [-0.15, -0.1) is 0 Å². The molecule has 114 valence electrons. The molecule has 0 aliphatic heterocycles. The fourth-order valence-corrected chi connectivity index (χ4v) is 2.70. The third-order valence-electron chi connectivity index (χ3n) is 3.63. The van der Waals surface area contributed by atoms with Crippen molar-refractivity contribution in [2.24, 2.45) is 0 Å². The van der Waals surface area contributed by atoms with Gasteiger partial charge in [0.1, 0.15) is 5.75 Å². The van der Waals surface area contributed by atoms with Gasteiger partial charge in [0.15, 0.2) is 8.32 Å². The summed E-state index contributed by atoms with van der Waals surface area (Å²) in [6.07, 6.45) is 0. The molecule has 2 nitrogen and oxygen atoms in total. The van der Waals surface area contributed by atoms with E-state index in [-0.39, 0.29) is 17.4 Å². The number of hydrogen-bond acceptors (Lipinski definition) is 2. The summed E-state index contributed by atoms with van der Waals surface area (Å²) in [6.45, 7) is 8.10. The van der Waals surface area contributed by atoms with Gasteiger partial charge in [0, 0.05) is 10.0 Å². The van der Waals surface area contributed by atoms with E-state index in [1.165, 1.54) is 6.07 Å². The van der Waals surface area contributed by atoms with Gasteiger partial charge < -0.3 is 9.16 Å². The summed E-state index contributed by atoms with van der Waals surface area (Å²) in [5.41, 5.74) is 0.629. The molecular weight excluding hydrogens is 346 g/mol. The van der Waals surface area contributed by atoms with Crippen molar-refractivity contribution in [1.82, 2.24) is 0 Å². The van der Waals surface area contributed by atoms with Crippen LogP contribution in [0.25, 0.3) is 0 Å². The molecule has 0 N–H and O–H groups in total. The number of rotatable bonds is 5. The maximum atomic E-state index is 12.4. The van der Waals surface area contributed by atoms with Crippen LogP contribution in [0.5, 0.6) is 5.75 Å². The maximum absolute atomic E-state index is 12.4. The largest absolute Gasteiger partial charge is 0.434 e. The van der Waals surface area contributed by atoms with Gasteiger partial charge in [-0.25, -0.2) is 0 Å². The minimum Gasteiger partial charge on any atom is -0.434 e. The van der Waals surface area contributed by atoms with E-state index < -0.39 is 14.9 Å². The molecule has 0 radical (unpaired) electrons. The zero-order valence-corrected chi connectivity index (χ0v) is 15.1. The molecule has 0 amide bonds. The quantitative estimate of drug-likeness (QED) is 0.633. The van der Waals surface area contributed by atoms with Crippen LogP contribution in [-0.4, -0.2) is 14.9 Å². The topological polar surface area (TPSA) is 18.5 Å². The average molecular weight is 367 g/mol. The summed E-state index contributed by atoms with van der Waals surface area (Å²) in [6, 6.07) is 4.96. The lowest BCUT2D eigenvalue weighted by Gasteiger charge is -2.36. The molecule has 0 aromatic heterocycles. The summed E-state index contributed by atoms with van der Waals surface area (Å²) >= 11 is 3.34. The van der Waals surface area contributed by atoms with Crippen molar-refractivity contribution in [1.29, 1.82) is 0 Å². The molecular formula is C14H21BrF2O2Si. The van der Waals surface area contributed by atoms with Gasteiger partial charge in [-0.2, -0.15) is 8.78 Å². The maximum Gasteiger partial charge on any atom is 0.387 e. The Bertz CT molecular complexity index is 459. The molecule has 1 rings (SSSR count). The highest BCUT2D eigenvalue weighted by atomic mass is 79.9. The molecule has 0 aliphatic carbocycles. The van der Waals surface area contributed by atoms with E-state index >= 15 is 0 Å². The molecule has 0 bridgehead atoms. The lowest BCUT2D eigenvalue weighted by molar-refractivity contribution is -0.0509. The zero-order valence-electron chi connectivity index (χ0n) is 12.5. The van der Waals surface area contributed by atoms with E-state index in [1.807, 2.05) is 0 Å². The van der Waals surface area contributed by atoms with Crippen LogP contribution < -0.4 is 4.74 Å². The van der Waals surface area contributed by atoms with Crippen molar-refractivity contribution in [3.05, 3.63) is 28.2 Å². The lowest BCUT2D eigenvalue weighted by atomic mass is 10.2. The summed E-state index contributed by atoms with van der Waals surface area (Å²) in [5, 5.41) is 0.0722. The number of alkyl halides is 2. The van der Waals surface area contributed by atoms with Crippen LogP contribution in [0.15, 0.2) is 22.7 Å². The highest BCUT2D eigenvalue weighted by Gasteiger charge is 2.37. The molecule has 0 aliphatic rings. The van der Waals surface area contributed by atoms with Crippen LogP contribution >= 0.6 is 15.9 Å². The van der Waals surface area contributed by atoms with Crippen molar-refractivity contribution in [3.63, 3.8) is 0 Å². The van der Waals surface area contributed by atoms with Crippen LogP contribution in [0.2, 0.25) is 18.1 Å².